The molecule has 0 radical (unpaired) electrons. The number of carbonyl (C=O) groups excluding carboxylic acids is 5. The summed E-state index contributed by atoms with van der Waals surface area (Å²) in [7, 11) is 1.49. The van der Waals surface area contributed by atoms with Gasteiger partial charge in [0.2, 0.25) is 23.6 Å². The van der Waals surface area contributed by atoms with Crippen LogP contribution >= 0.6 is 11.3 Å². The standard InChI is InChI=1S/C57H73F3N6O7S/c1-37-26-28-74-51(37)42-21-17-39(18-22-42)33-64-54(71)47-32-45(67)36-66(47)55(72)52(56(2,3)4)65-49(68)15-10-8-6-7-9-11-27-61-50(69)30-40-13-12-14-41(29-40)34-63-53(70)46-31-43(48(73-5)35-62-46)23-16-38-19-24-44(25-20-38)57(58,59)60/h12-14,16-18,21-23,26,28-29,31,35,38,44-45,47,52,67H,6-11,15,19-20,24-25,27,30,32-34,36H2,1-5H3,(H,61,69)(H,63,70)(H,64,71)(H,65,68)/b23-16+/t38?,44?,45-,47+,52-/m1/s1. The molecule has 1 saturated heterocycles. The van der Waals surface area contributed by atoms with Crippen LogP contribution in [0.1, 0.15) is 136 Å². The van der Waals surface area contributed by atoms with E-state index >= 15 is 0 Å². The molecule has 1 saturated carbocycles. The van der Waals surface area contributed by atoms with Crippen LogP contribution in [0.3, 0.4) is 0 Å². The van der Waals surface area contributed by atoms with Crippen LogP contribution in [-0.4, -0.2) is 89.1 Å². The molecule has 3 heterocycles. The molecule has 4 aromatic rings. The van der Waals surface area contributed by atoms with Gasteiger partial charge in [0.15, 0.2) is 0 Å². The second kappa shape index (κ2) is 26.9. The third-order valence-corrected chi connectivity index (χ3v) is 15.0. The fraction of sp³-hybridized carbons (Fsp3) is 0.509. The summed E-state index contributed by atoms with van der Waals surface area (Å²) in [5.41, 5.74) is 4.98. The number of aliphatic hydroxyl groups excluding tert-OH is 1. The van der Waals surface area contributed by atoms with E-state index in [1.165, 1.54) is 28.6 Å². The van der Waals surface area contributed by atoms with Gasteiger partial charge in [-0.2, -0.15) is 13.2 Å². The van der Waals surface area contributed by atoms with Crippen molar-refractivity contribution in [2.45, 2.75) is 149 Å². The van der Waals surface area contributed by atoms with Crippen molar-refractivity contribution in [2.24, 2.45) is 17.3 Å². The van der Waals surface area contributed by atoms with Gasteiger partial charge in [-0.1, -0.05) is 107 Å². The number of thiophene rings is 1. The minimum atomic E-state index is -4.16. The third-order valence-electron chi connectivity index (χ3n) is 13.9. The number of amides is 5. The first kappa shape index (κ1) is 57.2. The summed E-state index contributed by atoms with van der Waals surface area (Å²) in [5.74, 6) is -2.29. The minimum absolute atomic E-state index is 0.00569. The Kier molecular flexibility index (Phi) is 20.8. The summed E-state index contributed by atoms with van der Waals surface area (Å²) in [6, 6.07) is 17.4. The smallest absolute Gasteiger partial charge is 0.391 e. The number of alkyl halides is 3. The molecule has 74 heavy (non-hydrogen) atoms. The first-order valence-electron chi connectivity index (χ1n) is 25.9. The van der Waals surface area contributed by atoms with E-state index < -0.39 is 41.6 Å². The van der Waals surface area contributed by atoms with Gasteiger partial charge in [-0.15, -0.1) is 11.3 Å². The average molecular weight is 1040 g/mol. The molecule has 1 aliphatic carbocycles. The van der Waals surface area contributed by atoms with E-state index in [4.69, 9.17) is 4.74 Å². The van der Waals surface area contributed by atoms with Gasteiger partial charge in [0.25, 0.3) is 5.91 Å². The SMILES string of the molecule is COc1cnc(C(=O)NCc2cccc(CC(=O)NCCCCCCCCC(=O)N[C@H](C(=O)N3C[C@H](O)C[C@H]3C(=O)NCc3ccc(-c4sccc4C)cc3)C(C)(C)C)c2)cc1/C=C/C1CCC(C(F)(F)F)CC1. The summed E-state index contributed by atoms with van der Waals surface area (Å²) in [6.07, 6.45) is 6.79. The number of ether oxygens (including phenoxy) is 1. The average Bonchev–Trinajstić information content (AvgIpc) is 3.99. The molecule has 17 heteroatoms. The van der Waals surface area contributed by atoms with Gasteiger partial charge in [-0.25, -0.2) is 4.98 Å². The first-order valence-corrected chi connectivity index (χ1v) is 26.8. The molecule has 6 rings (SSSR count). The Morgan fingerprint density at radius 3 is 2.22 bits per heavy atom. The number of likely N-dealkylation sites (tertiary alicyclic amines) is 1. The van der Waals surface area contributed by atoms with E-state index in [-0.39, 0.29) is 87.0 Å². The molecule has 0 spiro atoms. The lowest BCUT2D eigenvalue weighted by atomic mass is 9.81. The summed E-state index contributed by atoms with van der Waals surface area (Å²) < 4.78 is 44.8. The van der Waals surface area contributed by atoms with Crippen molar-refractivity contribution in [3.05, 3.63) is 112 Å². The number of β-amino-alcohol motifs (C(OH)–C–C–N with tert-alkyl or cyclic N) is 1. The molecule has 3 atom stereocenters. The Morgan fingerprint density at radius 2 is 1.54 bits per heavy atom. The lowest BCUT2D eigenvalue weighted by Gasteiger charge is -2.35. The number of halogens is 3. The fourth-order valence-corrected chi connectivity index (χ4v) is 10.5. The van der Waals surface area contributed by atoms with Crippen LogP contribution in [0.2, 0.25) is 0 Å². The highest BCUT2D eigenvalue weighted by Gasteiger charge is 2.45. The van der Waals surface area contributed by atoms with Crippen molar-refractivity contribution < 1.29 is 47.0 Å². The highest BCUT2D eigenvalue weighted by Crippen LogP contribution is 2.40. The van der Waals surface area contributed by atoms with Crippen molar-refractivity contribution in [2.75, 3.05) is 20.2 Å². The van der Waals surface area contributed by atoms with Crippen molar-refractivity contribution >= 4 is 46.9 Å². The van der Waals surface area contributed by atoms with E-state index in [1.54, 1.807) is 23.5 Å². The van der Waals surface area contributed by atoms with Gasteiger partial charge < -0.3 is 36.0 Å². The molecular weight excluding hydrogens is 970 g/mol. The lowest BCUT2D eigenvalue weighted by molar-refractivity contribution is -0.183. The van der Waals surface area contributed by atoms with E-state index in [1.807, 2.05) is 75.4 Å². The van der Waals surface area contributed by atoms with Gasteiger partial charge >= 0.3 is 6.18 Å². The van der Waals surface area contributed by atoms with Crippen LogP contribution < -0.4 is 26.0 Å². The van der Waals surface area contributed by atoms with Crippen LogP contribution in [0.15, 0.2) is 78.3 Å². The third kappa shape index (κ3) is 17.0. The van der Waals surface area contributed by atoms with Crippen molar-refractivity contribution in [3.8, 4) is 16.2 Å². The Balaban J connectivity index is 0.845. The van der Waals surface area contributed by atoms with E-state index in [2.05, 4.69) is 44.6 Å². The molecule has 1 aliphatic heterocycles. The zero-order chi connectivity index (χ0) is 53.4. The van der Waals surface area contributed by atoms with Crippen molar-refractivity contribution in [1.82, 2.24) is 31.2 Å². The van der Waals surface area contributed by atoms with Crippen LogP contribution in [0.5, 0.6) is 5.75 Å². The molecule has 0 unspecified atom stereocenters. The quantitative estimate of drug-likeness (QED) is 0.0456. The maximum absolute atomic E-state index is 14.0. The Labute approximate surface area is 437 Å². The maximum Gasteiger partial charge on any atom is 0.391 e. The normalized spacial score (nSPS) is 18.5. The number of aliphatic hydroxyl groups is 1. The zero-order valence-corrected chi connectivity index (χ0v) is 44.1. The summed E-state index contributed by atoms with van der Waals surface area (Å²) in [4.78, 5) is 73.4. The van der Waals surface area contributed by atoms with Gasteiger partial charge in [0, 0.05) is 49.5 Å². The van der Waals surface area contributed by atoms with Crippen LogP contribution in [0.25, 0.3) is 16.5 Å². The Hall–Kier alpha value is -6.07. The molecular formula is C57H73F3N6O7S. The topological polar surface area (TPSA) is 179 Å². The van der Waals surface area contributed by atoms with E-state index in [0.717, 1.165) is 54.4 Å². The largest absolute Gasteiger partial charge is 0.495 e. The van der Waals surface area contributed by atoms with Crippen molar-refractivity contribution in [3.63, 3.8) is 0 Å². The number of aryl methyl sites for hydroxylation is 1. The van der Waals surface area contributed by atoms with Crippen LogP contribution in [0, 0.1) is 24.2 Å². The molecule has 13 nitrogen and oxygen atoms in total. The molecule has 0 bridgehead atoms. The lowest BCUT2D eigenvalue weighted by Crippen LogP contribution is -2.57. The van der Waals surface area contributed by atoms with Crippen LogP contribution in [0.4, 0.5) is 13.2 Å². The molecule has 5 amide bonds. The monoisotopic (exact) mass is 1040 g/mol. The van der Waals surface area contributed by atoms with E-state index in [9.17, 15) is 42.3 Å². The Bertz CT molecular complexity index is 2550. The number of methoxy groups -OCH3 is 1. The Morgan fingerprint density at radius 1 is 0.851 bits per heavy atom. The number of allylic oxidation sites excluding steroid dienone is 1. The van der Waals surface area contributed by atoms with Crippen molar-refractivity contribution in [1.29, 1.82) is 0 Å². The number of hydrogen-bond acceptors (Lipinski definition) is 9. The molecule has 2 aromatic carbocycles. The number of rotatable bonds is 23. The minimum Gasteiger partial charge on any atom is -0.495 e. The van der Waals surface area contributed by atoms with Crippen LogP contribution in [-0.2, 0) is 38.7 Å². The number of nitrogens with one attached hydrogen (secondary N) is 4. The molecule has 2 fully saturated rings. The molecule has 5 N–H and O–H groups in total. The number of aromatic nitrogens is 1. The van der Waals surface area contributed by atoms with Gasteiger partial charge in [0.05, 0.1) is 31.7 Å². The predicted molar refractivity (Wildman–Crippen MR) is 282 cm³/mol. The number of hydrogen-bond donors (Lipinski definition) is 5. The fourth-order valence-electron chi connectivity index (χ4n) is 9.58. The highest BCUT2D eigenvalue weighted by atomic mass is 32.1. The highest BCUT2D eigenvalue weighted by molar-refractivity contribution is 7.13. The second-order valence-electron chi connectivity index (χ2n) is 20.8. The maximum atomic E-state index is 14.0. The first-order chi connectivity index (χ1) is 35.3. The number of carbonyl (C=O) groups is 5. The number of benzene rings is 2. The summed E-state index contributed by atoms with van der Waals surface area (Å²) in [6.45, 7) is 8.71. The molecule has 400 valence electrons. The van der Waals surface area contributed by atoms with Gasteiger partial charge in [0.1, 0.15) is 23.5 Å². The van der Waals surface area contributed by atoms with E-state index in [0.29, 0.717) is 37.1 Å². The number of nitrogens with zero attached hydrogens (tertiary/aromatic N) is 2. The predicted octanol–water partition coefficient (Wildman–Crippen LogP) is 9.64. The molecule has 2 aromatic heterocycles. The van der Waals surface area contributed by atoms with Gasteiger partial charge in [-0.3, -0.25) is 24.0 Å². The number of pyridine rings is 1. The zero-order valence-electron chi connectivity index (χ0n) is 43.3. The summed E-state index contributed by atoms with van der Waals surface area (Å²) in [5, 5.41) is 24.4. The van der Waals surface area contributed by atoms with Gasteiger partial charge in [-0.05, 0) is 102 Å². The molecule has 2 aliphatic rings. The summed E-state index contributed by atoms with van der Waals surface area (Å²) >= 11 is 1.68. The second-order valence-corrected chi connectivity index (χ2v) is 21.8. The number of unbranched alkanes of at least 4 members (excludes halogenated alkanes) is 5.